The summed E-state index contributed by atoms with van der Waals surface area (Å²) in [6, 6.07) is 7.00. The predicted octanol–water partition coefficient (Wildman–Crippen LogP) is 2.22. The molecule has 0 amide bonds. The van der Waals surface area contributed by atoms with Gasteiger partial charge in [-0.3, -0.25) is 4.79 Å². The lowest BCUT2D eigenvalue weighted by molar-refractivity contribution is -0.125. The van der Waals surface area contributed by atoms with Crippen molar-refractivity contribution in [2.24, 2.45) is 5.92 Å². The van der Waals surface area contributed by atoms with Crippen LogP contribution in [0, 0.1) is 5.92 Å². The topological polar surface area (TPSA) is 38.3 Å². The number of carbonyl (C=O) groups is 1. The molecule has 3 atom stereocenters. The third kappa shape index (κ3) is 1.59. The lowest BCUT2D eigenvalue weighted by atomic mass is 9.52. The van der Waals surface area contributed by atoms with Crippen LogP contribution < -0.4 is 10.1 Å². The Labute approximate surface area is 119 Å². The molecule has 2 aliphatic carbocycles. The van der Waals surface area contributed by atoms with Gasteiger partial charge in [0.05, 0.1) is 7.11 Å². The Bertz CT molecular complexity index is 568. The molecule has 3 heteroatoms. The van der Waals surface area contributed by atoms with E-state index in [1.807, 2.05) is 0 Å². The number of rotatable bonds is 1. The van der Waals surface area contributed by atoms with Gasteiger partial charge in [-0.15, -0.1) is 0 Å². The number of methoxy groups -OCH3 is 1. The highest BCUT2D eigenvalue weighted by molar-refractivity contribution is 5.81. The molecule has 1 aliphatic heterocycles. The molecule has 1 N–H and O–H groups in total. The number of hydrogen-bond donors (Lipinski definition) is 1. The van der Waals surface area contributed by atoms with Crippen LogP contribution in [0.25, 0.3) is 0 Å². The van der Waals surface area contributed by atoms with E-state index in [-0.39, 0.29) is 5.41 Å². The van der Waals surface area contributed by atoms with E-state index in [1.165, 1.54) is 11.1 Å². The molecule has 1 saturated carbocycles. The fourth-order valence-electron chi connectivity index (χ4n) is 4.85. The van der Waals surface area contributed by atoms with E-state index in [0.717, 1.165) is 44.4 Å². The second kappa shape index (κ2) is 4.32. The fraction of sp³-hybridized carbons (Fsp3) is 0.588. The van der Waals surface area contributed by atoms with E-state index in [2.05, 4.69) is 23.5 Å². The quantitative estimate of drug-likeness (QED) is 0.851. The highest BCUT2D eigenvalue weighted by Crippen LogP contribution is 2.53. The third-order valence-electron chi connectivity index (χ3n) is 5.71. The SMILES string of the molecule is COc1ccc2c(c1)[C@]13CCN[C@H](C2)[C@@H]1CCC(=O)C3. The summed E-state index contributed by atoms with van der Waals surface area (Å²) in [5, 5.41) is 3.69. The molecule has 1 aromatic rings. The summed E-state index contributed by atoms with van der Waals surface area (Å²) in [6.45, 7) is 1.03. The zero-order chi connectivity index (χ0) is 13.7. The largest absolute Gasteiger partial charge is 0.497 e. The summed E-state index contributed by atoms with van der Waals surface area (Å²) in [5.41, 5.74) is 2.88. The minimum atomic E-state index is 0.0768. The minimum Gasteiger partial charge on any atom is -0.497 e. The number of ketones is 1. The number of carbonyl (C=O) groups excluding carboxylic acids is 1. The molecule has 2 bridgehead atoms. The van der Waals surface area contributed by atoms with E-state index in [0.29, 0.717) is 17.7 Å². The summed E-state index contributed by atoms with van der Waals surface area (Å²) in [5.74, 6) is 1.98. The first-order chi connectivity index (χ1) is 9.73. The molecular formula is C17H21NO2. The maximum Gasteiger partial charge on any atom is 0.133 e. The monoisotopic (exact) mass is 271 g/mol. The van der Waals surface area contributed by atoms with Crippen molar-refractivity contribution in [2.75, 3.05) is 13.7 Å². The average molecular weight is 271 g/mol. The fourth-order valence-corrected chi connectivity index (χ4v) is 4.85. The van der Waals surface area contributed by atoms with Crippen molar-refractivity contribution in [3.8, 4) is 5.75 Å². The first-order valence-electron chi connectivity index (χ1n) is 7.65. The zero-order valence-corrected chi connectivity index (χ0v) is 11.9. The second-order valence-corrected chi connectivity index (χ2v) is 6.55. The highest BCUT2D eigenvalue weighted by atomic mass is 16.5. The molecule has 3 aliphatic rings. The number of benzene rings is 1. The third-order valence-corrected chi connectivity index (χ3v) is 5.71. The van der Waals surface area contributed by atoms with Gasteiger partial charge in [0.1, 0.15) is 11.5 Å². The Morgan fingerprint density at radius 3 is 3.15 bits per heavy atom. The van der Waals surface area contributed by atoms with Crippen LogP contribution in [-0.2, 0) is 16.6 Å². The normalized spacial score (nSPS) is 35.1. The summed E-state index contributed by atoms with van der Waals surface area (Å²) in [4.78, 5) is 12.1. The molecule has 0 radical (unpaired) electrons. The van der Waals surface area contributed by atoms with E-state index in [9.17, 15) is 4.79 Å². The van der Waals surface area contributed by atoms with Gasteiger partial charge in [-0.25, -0.2) is 0 Å². The number of piperidine rings is 1. The molecule has 106 valence electrons. The van der Waals surface area contributed by atoms with Crippen molar-refractivity contribution >= 4 is 5.78 Å². The molecule has 4 rings (SSSR count). The molecule has 2 fully saturated rings. The summed E-state index contributed by atoms with van der Waals surface area (Å²) in [6.07, 6.45) is 4.73. The maximum absolute atomic E-state index is 12.1. The maximum atomic E-state index is 12.1. The average Bonchev–Trinajstić information content (AvgIpc) is 2.46. The first-order valence-corrected chi connectivity index (χ1v) is 7.65. The lowest BCUT2D eigenvalue weighted by Crippen LogP contribution is -2.60. The van der Waals surface area contributed by atoms with Crippen molar-refractivity contribution in [1.82, 2.24) is 5.32 Å². The molecular weight excluding hydrogens is 250 g/mol. The molecule has 0 unspecified atom stereocenters. The van der Waals surface area contributed by atoms with E-state index in [4.69, 9.17) is 4.74 Å². The van der Waals surface area contributed by atoms with Crippen LogP contribution in [0.4, 0.5) is 0 Å². The van der Waals surface area contributed by atoms with Crippen molar-refractivity contribution in [1.29, 1.82) is 0 Å². The van der Waals surface area contributed by atoms with Crippen molar-refractivity contribution in [2.45, 2.75) is 43.6 Å². The zero-order valence-electron chi connectivity index (χ0n) is 11.9. The van der Waals surface area contributed by atoms with Crippen LogP contribution in [0.5, 0.6) is 5.75 Å². The molecule has 20 heavy (non-hydrogen) atoms. The van der Waals surface area contributed by atoms with Crippen molar-refractivity contribution < 1.29 is 9.53 Å². The summed E-state index contributed by atoms with van der Waals surface area (Å²) < 4.78 is 5.42. The lowest BCUT2D eigenvalue weighted by Gasteiger charge is -2.55. The first kappa shape index (κ1) is 12.4. The van der Waals surface area contributed by atoms with Crippen LogP contribution in [0.3, 0.4) is 0 Å². The van der Waals surface area contributed by atoms with Crippen LogP contribution in [-0.4, -0.2) is 25.5 Å². The standard InChI is InChI=1S/C17H21NO2/c1-20-13-4-2-11-8-16-14-5-3-12(19)10-17(14,6-7-18-16)15(11)9-13/h2,4,9,14,16,18H,3,5-8,10H2,1H3/t14-,16+,17-/m0/s1. The van der Waals surface area contributed by atoms with E-state index in [1.54, 1.807) is 7.11 Å². The Kier molecular flexibility index (Phi) is 2.68. The Hall–Kier alpha value is -1.35. The summed E-state index contributed by atoms with van der Waals surface area (Å²) in [7, 11) is 1.72. The molecule has 1 heterocycles. The van der Waals surface area contributed by atoms with Gasteiger partial charge in [-0.2, -0.15) is 0 Å². The Balaban J connectivity index is 1.89. The van der Waals surface area contributed by atoms with Gasteiger partial charge in [0.15, 0.2) is 0 Å². The van der Waals surface area contributed by atoms with Crippen LogP contribution >= 0.6 is 0 Å². The molecule has 3 nitrogen and oxygen atoms in total. The predicted molar refractivity (Wildman–Crippen MR) is 77.1 cm³/mol. The second-order valence-electron chi connectivity index (χ2n) is 6.55. The van der Waals surface area contributed by atoms with Gasteiger partial charge in [0.25, 0.3) is 0 Å². The van der Waals surface area contributed by atoms with Crippen LogP contribution in [0.2, 0.25) is 0 Å². The Morgan fingerprint density at radius 2 is 2.30 bits per heavy atom. The van der Waals surface area contributed by atoms with Gasteiger partial charge in [0.2, 0.25) is 0 Å². The number of fused-ring (bicyclic) bond motifs is 1. The number of hydrogen-bond acceptors (Lipinski definition) is 3. The van der Waals surface area contributed by atoms with Crippen LogP contribution in [0.1, 0.15) is 36.8 Å². The minimum absolute atomic E-state index is 0.0768. The molecule has 1 aromatic carbocycles. The van der Waals surface area contributed by atoms with Crippen molar-refractivity contribution in [3.05, 3.63) is 29.3 Å². The number of Topliss-reactive ketones (excluding diaryl/α,β-unsaturated/α-hetero) is 1. The number of ether oxygens (including phenoxy) is 1. The van der Waals surface area contributed by atoms with Crippen LogP contribution in [0.15, 0.2) is 18.2 Å². The Morgan fingerprint density at radius 1 is 1.40 bits per heavy atom. The molecule has 0 spiro atoms. The van der Waals surface area contributed by atoms with Gasteiger partial charge >= 0.3 is 0 Å². The van der Waals surface area contributed by atoms with Gasteiger partial charge < -0.3 is 10.1 Å². The molecule has 0 aromatic heterocycles. The number of nitrogens with one attached hydrogen (secondary N) is 1. The van der Waals surface area contributed by atoms with Gasteiger partial charge in [-0.05, 0) is 55.0 Å². The van der Waals surface area contributed by atoms with Crippen molar-refractivity contribution in [3.63, 3.8) is 0 Å². The highest BCUT2D eigenvalue weighted by Gasteiger charge is 2.53. The van der Waals surface area contributed by atoms with E-state index < -0.39 is 0 Å². The smallest absolute Gasteiger partial charge is 0.133 e. The summed E-state index contributed by atoms with van der Waals surface area (Å²) >= 11 is 0. The van der Waals surface area contributed by atoms with Gasteiger partial charge in [-0.1, -0.05) is 6.07 Å². The van der Waals surface area contributed by atoms with E-state index >= 15 is 0 Å². The van der Waals surface area contributed by atoms with Gasteiger partial charge in [0, 0.05) is 24.3 Å². The molecule has 1 saturated heterocycles.